The molecule has 1 amide bonds. The van der Waals surface area contributed by atoms with Crippen LogP contribution in [0.2, 0.25) is 0 Å². The van der Waals surface area contributed by atoms with Crippen molar-refractivity contribution in [2.24, 2.45) is 0 Å². The zero-order chi connectivity index (χ0) is 18.6. The van der Waals surface area contributed by atoms with E-state index in [2.05, 4.69) is 20.2 Å². The highest BCUT2D eigenvalue weighted by Gasteiger charge is 2.30. The molecule has 6 heteroatoms. The Morgan fingerprint density at radius 3 is 2.81 bits per heavy atom. The van der Waals surface area contributed by atoms with E-state index in [4.69, 9.17) is 0 Å². The lowest BCUT2D eigenvalue weighted by Gasteiger charge is -2.23. The van der Waals surface area contributed by atoms with E-state index in [9.17, 15) is 9.18 Å². The molecule has 0 spiro atoms. The summed E-state index contributed by atoms with van der Waals surface area (Å²) in [4.78, 5) is 22.0. The van der Waals surface area contributed by atoms with E-state index in [1.807, 2.05) is 30.3 Å². The Bertz CT molecular complexity index is 908. The summed E-state index contributed by atoms with van der Waals surface area (Å²) in [6.07, 6.45) is 5.30. The van der Waals surface area contributed by atoms with Crippen LogP contribution in [0.3, 0.4) is 0 Å². The van der Waals surface area contributed by atoms with Gasteiger partial charge in [0.15, 0.2) is 0 Å². The summed E-state index contributed by atoms with van der Waals surface area (Å²) in [6, 6.07) is 13.8. The Morgan fingerprint density at radius 1 is 1.22 bits per heavy atom. The standard InChI is InChI=1S/C21H21FN4O/c22-17-4-1-3-16(11-17)15-6-8-18(9-7-15)25-21(27)20-5-2-10-26(20)13-19-12-23-14-24-19/h1,3-4,6-9,11-12,14,20H,2,5,10,13H2,(H,23,24)(H,25,27)/t20-/m0/s1. The maximum atomic E-state index is 13.4. The molecule has 3 aromatic rings. The van der Waals surface area contributed by atoms with E-state index in [1.165, 1.54) is 12.1 Å². The number of halogens is 1. The Labute approximate surface area is 157 Å². The molecule has 2 heterocycles. The molecule has 1 fully saturated rings. The zero-order valence-corrected chi connectivity index (χ0v) is 14.9. The summed E-state index contributed by atoms with van der Waals surface area (Å²) in [5, 5.41) is 3.00. The lowest BCUT2D eigenvalue weighted by Crippen LogP contribution is -2.39. The predicted molar refractivity (Wildman–Crippen MR) is 102 cm³/mol. The van der Waals surface area contributed by atoms with Crippen molar-refractivity contribution in [3.8, 4) is 11.1 Å². The number of nitrogens with one attached hydrogen (secondary N) is 2. The average Bonchev–Trinajstić information content (AvgIpc) is 3.35. The van der Waals surface area contributed by atoms with Crippen molar-refractivity contribution >= 4 is 11.6 Å². The van der Waals surface area contributed by atoms with E-state index in [1.54, 1.807) is 18.6 Å². The van der Waals surface area contributed by atoms with Gasteiger partial charge in [0, 0.05) is 24.1 Å². The van der Waals surface area contributed by atoms with Crippen LogP contribution in [0.25, 0.3) is 11.1 Å². The second-order valence-corrected chi connectivity index (χ2v) is 6.78. The molecule has 0 bridgehead atoms. The largest absolute Gasteiger partial charge is 0.347 e. The fourth-order valence-corrected chi connectivity index (χ4v) is 3.54. The van der Waals surface area contributed by atoms with Gasteiger partial charge in [-0.2, -0.15) is 0 Å². The molecule has 2 aromatic carbocycles. The van der Waals surface area contributed by atoms with Crippen LogP contribution in [0.15, 0.2) is 61.1 Å². The SMILES string of the molecule is O=C(Nc1ccc(-c2cccc(F)c2)cc1)[C@@H]1CCCN1Cc1cnc[nH]1. The number of carbonyl (C=O) groups is 1. The highest BCUT2D eigenvalue weighted by atomic mass is 19.1. The lowest BCUT2D eigenvalue weighted by atomic mass is 10.1. The van der Waals surface area contributed by atoms with Crippen molar-refractivity contribution < 1.29 is 9.18 Å². The zero-order valence-electron chi connectivity index (χ0n) is 14.9. The van der Waals surface area contributed by atoms with Gasteiger partial charge >= 0.3 is 0 Å². The van der Waals surface area contributed by atoms with Gasteiger partial charge in [-0.3, -0.25) is 9.69 Å². The molecule has 2 N–H and O–H groups in total. The molecular weight excluding hydrogens is 343 g/mol. The third-order valence-corrected chi connectivity index (χ3v) is 4.90. The van der Waals surface area contributed by atoms with Crippen molar-refractivity contribution in [3.63, 3.8) is 0 Å². The number of aromatic nitrogens is 2. The quantitative estimate of drug-likeness (QED) is 0.724. The van der Waals surface area contributed by atoms with E-state index in [0.717, 1.165) is 41.9 Å². The van der Waals surface area contributed by atoms with E-state index in [-0.39, 0.29) is 17.8 Å². The highest BCUT2D eigenvalue weighted by molar-refractivity contribution is 5.95. The molecule has 0 unspecified atom stereocenters. The van der Waals surface area contributed by atoms with Crippen LogP contribution in [-0.4, -0.2) is 33.4 Å². The monoisotopic (exact) mass is 364 g/mol. The van der Waals surface area contributed by atoms with Crippen LogP contribution in [0.4, 0.5) is 10.1 Å². The Balaban J connectivity index is 1.41. The number of imidazole rings is 1. The number of likely N-dealkylation sites (tertiary alicyclic amines) is 1. The van der Waals surface area contributed by atoms with Gasteiger partial charge in [0.1, 0.15) is 5.82 Å². The minimum Gasteiger partial charge on any atom is -0.347 e. The maximum Gasteiger partial charge on any atom is 0.241 e. The van der Waals surface area contributed by atoms with E-state index >= 15 is 0 Å². The van der Waals surface area contributed by atoms with Crippen LogP contribution in [0.5, 0.6) is 0 Å². The summed E-state index contributed by atoms with van der Waals surface area (Å²) in [7, 11) is 0. The molecule has 1 aliphatic heterocycles. The van der Waals surface area contributed by atoms with Gasteiger partial charge < -0.3 is 10.3 Å². The number of nitrogens with zero attached hydrogens (tertiary/aromatic N) is 2. The maximum absolute atomic E-state index is 13.4. The van der Waals surface area contributed by atoms with Crippen molar-refractivity contribution in [1.29, 1.82) is 0 Å². The van der Waals surface area contributed by atoms with Gasteiger partial charge in [0.2, 0.25) is 5.91 Å². The molecule has 0 radical (unpaired) electrons. The fraction of sp³-hybridized carbons (Fsp3) is 0.238. The van der Waals surface area contributed by atoms with Crippen LogP contribution >= 0.6 is 0 Å². The highest BCUT2D eigenvalue weighted by Crippen LogP contribution is 2.24. The summed E-state index contributed by atoms with van der Waals surface area (Å²) in [5.74, 6) is -0.256. The Hall–Kier alpha value is -2.99. The minimum atomic E-state index is -0.261. The summed E-state index contributed by atoms with van der Waals surface area (Å²) in [5.41, 5.74) is 3.48. The number of amides is 1. The Kier molecular flexibility index (Phi) is 4.98. The molecule has 4 rings (SSSR count). The molecule has 5 nitrogen and oxygen atoms in total. The van der Waals surface area contributed by atoms with Crippen molar-refractivity contribution in [2.45, 2.75) is 25.4 Å². The van der Waals surface area contributed by atoms with E-state index < -0.39 is 0 Å². The first kappa shape index (κ1) is 17.4. The smallest absolute Gasteiger partial charge is 0.241 e. The molecule has 138 valence electrons. The van der Waals surface area contributed by atoms with Gasteiger partial charge in [0.25, 0.3) is 0 Å². The predicted octanol–water partition coefficient (Wildman–Crippen LogP) is 3.82. The number of H-pyrrole nitrogens is 1. The summed E-state index contributed by atoms with van der Waals surface area (Å²) in [6.45, 7) is 1.59. The van der Waals surface area contributed by atoms with Gasteiger partial charge in [-0.1, -0.05) is 24.3 Å². The second kappa shape index (κ2) is 7.72. The van der Waals surface area contributed by atoms with Crippen LogP contribution in [0, 0.1) is 5.82 Å². The number of hydrogen-bond donors (Lipinski definition) is 2. The van der Waals surface area contributed by atoms with Gasteiger partial charge in [0.05, 0.1) is 12.4 Å². The number of aromatic amines is 1. The van der Waals surface area contributed by atoms with Crippen LogP contribution in [-0.2, 0) is 11.3 Å². The first-order valence-corrected chi connectivity index (χ1v) is 9.07. The van der Waals surface area contributed by atoms with E-state index in [0.29, 0.717) is 6.54 Å². The average molecular weight is 364 g/mol. The fourth-order valence-electron chi connectivity index (χ4n) is 3.54. The molecule has 0 saturated carbocycles. The molecule has 1 aromatic heterocycles. The number of rotatable bonds is 5. The molecule has 1 aliphatic rings. The normalized spacial score (nSPS) is 17.1. The van der Waals surface area contributed by atoms with Crippen molar-refractivity contribution in [1.82, 2.24) is 14.9 Å². The minimum absolute atomic E-state index is 0.00511. The second-order valence-electron chi connectivity index (χ2n) is 6.78. The lowest BCUT2D eigenvalue weighted by molar-refractivity contribution is -0.120. The molecule has 1 atom stereocenters. The topological polar surface area (TPSA) is 61.0 Å². The van der Waals surface area contributed by atoms with Gasteiger partial charge in [-0.05, 0) is 54.8 Å². The third kappa shape index (κ3) is 4.06. The number of carbonyl (C=O) groups excluding carboxylic acids is 1. The molecule has 0 aliphatic carbocycles. The molecular formula is C21H21FN4O. The molecule has 1 saturated heterocycles. The molecule has 27 heavy (non-hydrogen) atoms. The number of hydrogen-bond acceptors (Lipinski definition) is 3. The van der Waals surface area contributed by atoms with Gasteiger partial charge in [-0.25, -0.2) is 9.37 Å². The summed E-state index contributed by atoms with van der Waals surface area (Å²) >= 11 is 0. The van der Waals surface area contributed by atoms with Crippen LogP contribution < -0.4 is 5.32 Å². The van der Waals surface area contributed by atoms with Crippen molar-refractivity contribution in [3.05, 3.63) is 72.6 Å². The first-order chi connectivity index (χ1) is 13.2. The summed E-state index contributed by atoms with van der Waals surface area (Å²) < 4.78 is 13.4. The van der Waals surface area contributed by atoms with Crippen LogP contribution in [0.1, 0.15) is 18.5 Å². The number of benzene rings is 2. The third-order valence-electron chi connectivity index (χ3n) is 4.90. The first-order valence-electron chi connectivity index (χ1n) is 9.07. The van der Waals surface area contributed by atoms with Gasteiger partial charge in [-0.15, -0.1) is 0 Å². The Morgan fingerprint density at radius 2 is 2.07 bits per heavy atom. The number of anilines is 1. The van der Waals surface area contributed by atoms with Crippen molar-refractivity contribution in [2.75, 3.05) is 11.9 Å².